The molecule has 4 rings (SSSR count). The van der Waals surface area contributed by atoms with E-state index in [2.05, 4.69) is 21.3 Å². The van der Waals surface area contributed by atoms with Crippen LogP contribution in [0.25, 0.3) is 0 Å². The molecule has 7 heteroatoms. The molecule has 2 fully saturated rings. The number of aromatic nitrogens is 1. The standard InChI is InChI=1S/C22H26N4O3/c23-11-18-4-5-21(24-12-18)25-13-20-6-7-22(29-20)15-26(8-9-28-16-22)14-17-2-1-3-19(27)10-17/h1-5,10,12,20,27H,6-9,13-16H2,(H,24,25)/t20-,22-/m1/s1. The average molecular weight is 394 g/mol. The molecule has 1 aromatic carbocycles. The lowest BCUT2D eigenvalue weighted by Crippen LogP contribution is -2.44. The molecular formula is C22H26N4O3. The first-order valence-electron chi connectivity index (χ1n) is 10.00. The summed E-state index contributed by atoms with van der Waals surface area (Å²) in [5.41, 5.74) is 1.34. The minimum atomic E-state index is -0.294. The first-order chi connectivity index (χ1) is 14.1. The van der Waals surface area contributed by atoms with Gasteiger partial charge in [-0.3, -0.25) is 4.90 Å². The van der Waals surface area contributed by atoms with E-state index in [9.17, 15) is 5.11 Å². The Kier molecular flexibility index (Phi) is 5.95. The highest BCUT2D eigenvalue weighted by Gasteiger charge is 2.42. The molecule has 0 amide bonds. The van der Waals surface area contributed by atoms with E-state index in [1.165, 1.54) is 0 Å². The zero-order chi connectivity index (χ0) is 20.1. The number of aromatic hydroxyl groups is 1. The Morgan fingerprint density at radius 1 is 1.34 bits per heavy atom. The summed E-state index contributed by atoms with van der Waals surface area (Å²) in [5.74, 6) is 1.04. The average Bonchev–Trinajstić information content (AvgIpc) is 3.01. The van der Waals surface area contributed by atoms with E-state index in [1.807, 2.05) is 24.3 Å². The molecular weight excluding hydrogens is 368 g/mol. The Labute approximate surface area is 170 Å². The second-order valence-electron chi connectivity index (χ2n) is 7.82. The molecule has 2 N–H and O–H groups in total. The monoisotopic (exact) mass is 394 g/mol. The Morgan fingerprint density at radius 2 is 2.28 bits per heavy atom. The van der Waals surface area contributed by atoms with Crippen molar-refractivity contribution < 1.29 is 14.6 Å². The molecule has 0 unspecified atom stereocenters. The highest BCUT2D eigenvalue weighted by molar-refractivity contribution is 5.39. The number of phenolic OH excluding ortho intramolecular Hbond substituents is 1. The highest BCUT2D eigenvalue weighted by Crippen LogP contribution is 2.33. The molecule has 7 nitrogen and oxygen atoms in total. The Morgan fingerprint density at radius 3 is 3.07 bits per heavy atom. The molecule has 2 saturated heterocycles. The van der Waals surface area contributed by atoms with Gasteiger partial charge >= 0.3 is 0 Å². The number of nitrogens with zero attached hydrogens (tertiary/aromatic N) is 3. The van der Waals surface area contributed by atoms with Gasteiger partial charge in [0.2, 0.25) is 0 Å². The molecule has 0 aliphatic carbocycles. The largest absolute Gasteiger partial charge is 0.508 e. The number of hydrogen-bond donors (Lipinski definition) is 2. The second kappa shape index (κ2) is 8.78. The fourth-order valence-electron chi connectivity index (χ4n) is 4.08. The molecule has 0 saturated carbocycles. The van der Waals surface area contributed by atoms with Gasteiger partial charge in [-0.15, -0.1) is 0 Å². The molecule has 0 radical (unpaired) electrons. The van der Waals surface area contributed by atoms with E-state index < -0.39 is 0 Å². The van der Waals surface area contributed by atoms with E-state index >= 15 is 0 Å². The van der Waals surface area contributed by atoms with E-state index in [0.717, 1.165) is 43.9 Å². The van der Waals surface area contributed by atoms with Gasteiger partial charge in [0.15, 0.2) is 0 Å². The molecule has 2 atom stereocenters. The van der Waals surface area contributed by atoms with Crippen LogP contribution in [0.2, 0.25) is 0 Å². The summed E-state index contributed by atoms with van der Waals surface area (Å²) in [6.07, 6.45) is 3.58. The van der Waals surface area contributed by atoms with Crippen LogP contribution in [0.15, 0.2) is 42.6 Å². The lowest BCUT2D eigenvalue weighted by atomic mass is 10.00. The third-order valence-corrected chi connectivity index (χ3v) is 5.49. The summed E-state index contributed by atoms with van der Waals surface area (Å²) in [4.78, 5) is 6.60. The van der Waals surface area contributed by atoms with Gasteiger partial charge < -0.3 is 19.9 Å². The van der Waals surface area contributed by atoms with Crippen molar-refractivity contribution in [3.8, 4) is 11.8 Å². The van der Waals surface area contributed by atoms with E-state index in [1.54, 1.807) is 18.3 Å². The number of rotatable bonds is 5. The van der Waals surface area contributed by atoms with Gasteiger partial charge in [0.05, 0.1) is 24.9 Å². The fraction of sp³-hybridized carbons (Fsp3) is 0.455. The lowest BCUT2D eigenvalue weighted by molar-refractivity contribution is -0.0826. The topological polar surface area (TPSA) is 90.6 Å². The number of phenols is 1. The van der Waals surface area contributed by atoms with Crippen LogP contribution in [0.5, 0.6) is 5.75 Å². The van der Waals surface area contributed by atoms with Gasteiger partial charge in [0, 0.05) is 32.4 Å². The number of nitrogens with one attached hydrogen (secondary N) is 1. The SMILES string of the molecule is N#Cc1ccc(NC[C@H]2CC[C@@]3(COCCN(Cc4cccc(O)c4)C3)O2)nc1. The maximum absolute atomic E-state index is 9.72. The van der Waals surface area contributed by atoms with Gasteiger partial charge in [0.1, 0.15) is 23.2 Å². The Hall–Kier alpha value is -2.66. The number of anilines is 1. The van der Waals surface area contributed by atoms with Crippen LogP contribution in [0.4, 0.5) is 5.82 Å². The Balaban J connectivity index is 1.34. The van der Waals surface area contributed by atoms with Crippen molar-refractivity contribution in [1.29, 1.82) is 5.26 Å². The van der Waals surface area contributed by atoms with Crippen molar-refractivity contribution in [3.05, 3.63) is 53.7 Å². The number of hydrogen-bond acceptors (Lipinski definition) is 7. The first kappa shape index (κ1) is 19.6. The molecule has 1 spiro atoms. The van der Waals surface area contributed by atoms with Crippen molar-refractivity contribution in [3.63, 3.8) is 0 Å². The summed E-state index contributed by atoms with van der Waals surface area (Å²) in [6, 6.07) is 13.1. The number of nitriles is 1. The van der Waals surface area contributed by atoms with Crippen LogP contribution in [0.3, 0.4) is 0 Å². The number of benzene rings is 1. The van der Waals surface area contributed by atoms with Gasteiger partial charge in [-0.25, -0.2) is 4.98 Å². The lowest BCUT2D eigenvalue weighted by Gasteiger charge is -2.32. The molecule has 0 bridgehead atoms. The quantitative estimate of drug-likeness (QED) is 0.805. The van der Waals surface area contributed by atoms with Crippen molar-refractivity contribution in [2.45, 2.75) is 31.1 Å². The predicted molar refractivity (Wildman–Crippen MR) is 108 cm³/mol. The van der Waals surface area contributed by atoms with E-state index in [0.29, 0.717) is 31.1 Å². The third kappa shape index (κ3) is 5.04. The maximum Gasteiger partial charge on any atom is 0.126 e. The van der Waals surface area contributed by atoms with E-state index in [-0.39, 0.29) is 11.7 Å². The number of ether oxygens (including phenoxy) is 2. The van der Waals surface area contributed by atoms with Crippen molar-refractivity contribution in [2.24, 2.45) is 0 Å². The molecule has 2 aliphatic rings. The van der Waals surface area contributed by atoms with Crippen molar-refractivity contribution in [2.75, 3.05) is 38.2 Å². The van der Waals surface area contributed by atoms with Crippen LogP contribution in [0, 0.1) is 11.3 Å². The summed E-state index contributed by atoms with van der Waals surface area (Å²) in [7, 11) is 0. The van der Waals surface area contributed by atoms with Crippen molar-refractivity contribution in [1.82, 2.24) is 9.88 Å². The summed E-state index contributed by atoms with van der Waals surface area (Å²) < 4.78 is 12.4. The predicted octanol–water partition coefficient (Wildman–Crippen LogP) is 2.52. The molecule has 2 aliphatic heterocycles. The van der Waals surface area contributed by atoms with Crippen LogP contribution in [0.1, 0.15) is 24.0 Å². The van der Waals surface area contributed by atoms with Gasteiger partial charge in [-0.05, 0) is 42.7 Å². The maximum atomic E-state index is 9.72. The molecule has 29 heavy (non-hydrogen) atoms. The summed E-state index contributed by atoms with van der Waals surface area (Å²) in [6.45, 7) is 4.39. The van der Waals surface area contributed by atoms with Crippen LogP contribution in [-0.2, 0) is 16.0 Å². The molecule has 1 aromatic heterocycles. The fourth-order valence-corrected chi connectivity index (χ4v) is 4.08. The van der Waals surface area contributed by atoms with Crippen LogP contribution < -0.4 is 5.32 Å². The molecule has 2 aromatic rings. The molecule has 152 valence electrons. The number of pyridine rings is 1. The second-order valence-corrected chi connectivity index (χ2v) is 7.82. The van der Waals surface area contributed by atoms with Gasteiger partial charge in [-0.1, -0.05) is 12.1 Å². The summed E-state index contributed by atoms with van der Waals surface area (Å²) in [5, 5.41) is 21.9. The van der Waals surface area contributed by atoms with Crippen molar-refractivity contribution >= 4 is 5.82 Å². The van der Waals surface area contributed by atoms with Gasteiger partial charge in [-0.2, -0.15) is 5.26 Å². The van der Waals surface area contributed by atoms with Crippen LogP contribution in [-0.4, -0.2) is 59.5 Å². The Bertz CT molecular complexity index is 867. The summed E-state index contributed by atoms with van der Waals surface area (Å²) >= 11 is 0. The first-order valence-corrected chi connectivity index (χ1v) is 10.00. The molecule has 3 heterocycles. The third-order valence-electron chi connectivity index (χ3n) is 5.49. The van der Waals surface area contributed by atoms with Crippen LogP contribution >= 0.6 is 0 Å². The minimum absolute atomic E-state index is 0.0942. The zero-order valence-electron chi connectivity index (χ0n) is 16.4. The minimum Gasteiger partial charge on any atom is -0.508 e. The smallest absolute Gasteiger partial charge is 0.126 e. The van der Waals surface area contributed by atoms with E-state index in [4.69, 9.17) is 14.7 Å². The van der Waals surface area contributed by atoms with Gasteiger partial charge in [0.25, 0.3) is 0 Å². The normalized spacial score (nSPS) is 24.9. The highest BCUT2D eigenvalue weighted by atomic mass is 16.6. The zero-order valence-corrected chi connectivity index (χ0v) is 16.4.